The van der Waals surface area contributed by atoms with Crippen LogP contribution in [0.4, 0.5) is 17.3 Å². The number of nitrogens with one attached hydrogen (secondary N) is 3. The van der Waals surface area contributed by atoms with Crippen molar-refractivity contribution in [3.8, 4) is 0 Å². The maximum Gasteiger partial charge on any atom is 0.271 e. The number of nitrogens with zero attached hydrogens (tertiary/aromatic N) is 4. The number of hydrogen-bond donors (Lipinski definition) is 4. The fourth-order valence-corrected chi connectivity index (χ4v) is 4.59. The molecule has 1 aromatic carbocycles. The van der Waals surface area contributed by atoms with Crippen LogP contribution in [0.5, 0.6) is 0 Å². The summed E-state index contributed by atoms with van der Waals surface area (Å²) in [5, 5.41) is 10.3. The highest BCUT2D eigenvalue weighted by Crippen LogP contribution is 2.28. The number of aromatic nitrogens is 2. The molecule has 2 aliphatic heterocycles. The number of anilines is 3. The number of rotatable bonds is 8. The quantitative estimate of drug-likeness (QED) is 0.449. The molecule has 33 heavy (non-hydrogen) atoms. The van der Waals surface area contributed by atoms with Crippen molar-refractivity contribution >= 4 is 23.2 Å². The second-order valence-corrected chi connectivity index (χ2v) is 9.29. The fraction of sp³-hybridized carbons (Fsp3) is 0.542. The van der Waals surface area contributed by atoms with Crippen LogP contribution >= 0.6 is 0 Å². The fourth-order valence-electron chi connectivity index (χ4n) is 4.59. The first-order valence-corrected chi connectivity index (χ1v) is 11.9. The molecule has 0 bridgehead atoms. The largest absolute Gasteiger partial charge is 0.364 e. The van der Waals surface area contributed by atoms with E-state index in [4.69, 9.17) is 10.7 Å². The van der Waals surface area contributed by atoms with Crippen molar-refractivity contribution in [2.24, 2.45) is 5.73 Å². The minimum absolute atomic E-state index is 0.153. The van der Waals surface area contributed by atoms with Crippen molar-refractivity contribution in [2.45, 2.75) is 37.6 Å². The molecule has 0 spiro atoms. The number of benzene rings is 1. The Kier molecular flexibility index (Phi) is 7.74. The third-order valence-electron chi connectivity index (χ3n) is 6.42. The van der Waals surface area contributed by atoms with Gasteiger partial charge < -0.3 is 21.3 Å². The van der Waals surface area contributed by atoms with Crippen LogP contribution in [0.1, 0.15) is 47.7 Å². The first-order valence-electron chi connectivity index (χ1n) is 11.9. The molecule has 1 atom stereocenters. The highest BCUT2D eigenvalue weighted by Gasteiger charge is 2.23. The van der Waals surface area contributed by atoms with Gasteiger partial charge >= 0.3 is 0 Å². The molecule has 2 fully saturated rings. The number of nitrogens with two attached hydrogens (primary N) is 1. The minimum Gasteiger partial charge on any atom is -0.364 e. The summed E-state index contributed by atoms with van der Waals surface area (Å²) < 4.78 is 0. The monoisotopic (exact) mass is 452 g/mol. The third kappa shape index (κ3) is 6.19. The lowest BCUT2D eigenvalue weighted by molar-refractivity contribution is 0.0996. The van der Waals surface area contributed by atoms with Gasteiger partial charge in [0.1, 0.15) is 5.82 Å². The summed E-state index contributed by atoms with van der Waals surface area (Å²) in [5.41, 5.74) is 7.96. The SMILES string of the molecule is CN(C)CNC1CCCN(c2cnc(C(N)=O)c(Nc3ccc(C4CCNCC4)cc3)n2)C1. The lowest BCUT2D eigenvalue weighted by Gasteiger charge is -2.34. The number of amides is 1. The predicted molar refractivity (Wildman–Crippen MR) is 132 cm³/mol. The van der Waals surface area contributed by atoms with Gasteiger partial charge in [-0.05, 0) is 76.5 Å². The molecule has 1 unspecified atom stereocenters. The summed E-state index contributed by atoms with van der Waals surface area (Å²) in [4.78, 5) is 25.5. The topological polar surface area (TPSA) is 111 Å². The van der Waals surface area contributed by atoms with E-state index < -0.39 is 5.91 Å². The van der Waals surface area contributed by atoms with Gasteiger partial charge in [0.15, 0.2) is 11.5 Å². The minimum atomic E-state index is -0.591. The zero-order valence-corrected chi connectivity index (χ0v) is 19.7. The lowest BCUT2D eigenvalue weighted by atomic mass is 9.90. The smallest absolute Gasteiger partial charge is 0.271 e. The van der Waals surface area contributed by atoms with Gasteiger partial charge in [-0.1, -0.05) is 12.1 Å². The molecular weight excluding hydrogens is 416 g/mol. The highest BCUT2D eigenvalue weighted by molar-refractivity contribution is 5.96. The van der Waals surface area contributed by atoms with Crippen molar-refractivity contribution in [1.82, 2.24) is 25.5 Å². The predicted octanol–water partition coefficient (Wildman–Crippen LogP) is 1.86. The second kappa shape index (κ2) is 10.9. The number of piperidine rings is 2. The van der Waals surface area contributed by atoms with E-state index in [-0.39, 0.29) is 5.69 Å². The van der Waals surface area contributed by atoms with E-state index in [1.165, 1.54) is 5.56 Å². The molecule has 0 saturated carbocycles. The molecular formula is C24H36N8O. The van der Waals surface area contributed by atoms with E-state index in [1.807, 2.05) is 12.1 Å². The summed E-state index contributed by atoms with van der Waals surface area (Å²) in [6.45, 7) is 4.73. The number of carbonyl (C=O) groups excluding carboxylic acids is 1. The van der Waals surface area contributed by atoms with Gasteiger partial charge in [0.25, 0.3) is 5.91 Å². The van der Waals surface area contributed by atoms with Crippen LogP contribution in [0.15, 0.2) is 30.5 Å². The van der Waals surface area contributed by atoms with Gasteiger partial charge in [-0.25, -0.2) is 9.97 Å². The van der Waals surface area contributed by atoms with Gasteiger partial charge in [0.2, 0.25) is 0 Å². The van der Waals surface area contributed by atoms with Crippen molar-refractivity contribution < 1.29 is 4.79 Å². The Balaban J connectivity index is 1.49. The molecule has 5 N–H and O–H groups in total. The van der Waals surface area contributed by atoms with Crippen LogP contribution in [0.2, 0.25) is 0 Å². The number of primary amides is 1. The van der Waals surface area contributed by atoms with E-state index in [0.29, 0.717) is 17.8 Å². The molecule has 9 heteroatoms. The van der Waals surface area contributed by atoms with Crippen molar-refractivity contribution in [2.75, 3.05) is 57.2 Å². The normalized spacial score (nSPS) is 19.6. The summed E-state index contributed by atoms with van der Waals surface area (Å²) in [5.74, 6) is 1.16. The first-order chi connectivity index (χ1) is 16.0. The first kappa shape index (κ1) is 23.4. The number of carbonyl (C=O) groups is 1. The van der Waals surface area contributed by atoms with Crippen molar-refractivity contribution in [3.63, 3.8) is 0 Å². The van der Waals surface area contributed by atoms with Gasteiger partial charge in [-0.15, -0.1) is 0 Å². The van der Waals surface area contributed by atoms with Crippen molar-refractivity contribution in [1.29, 1.82) is 0 Å². The zero-order valence-electron chi connectivity index (χ0n) is 19.7. The maximum absolute atomic E-state index is 12.0. The average molecular weight is 453 g/mol. The van der Waals surface area contributed by atoms with Gasteiger partial charge in [-0.3, -0.25) is 15.0 Å². The van der Waals surface area contributed by atoms with E-state index in [9.17, 15) is 4.79 Å². The Hall–Kier alpha value is -2.75. The molecule has 1 amide bonds. The van der Waals surface area contributed by atoms with Crippen LogP contribution in [0.3, 0.4) is 0 Å². The Labute approximate surface area is 196 Å². The molecule has 0 aliphatic carbocycles. The van der Waals surface area contributed by atoms with Gasteiger partial charge in [-0.2, -0.15) is 0 Å². The lowest BCUT2D eigenvalue weighted by Crippen LogP contribution is -2.48. The molecule has 2 aromatic rings. The van der Waals surface area contributed by atoms with Gasteiger partial charge in [0.05, 0.1) is 6.20 Å². The standard InChI is InChI=1S/C24H36N8O/c1-31(2)16-28-20-4-3-13-32(15-20)21-14-27-22(23(25)33)24(30-21)29-19-7-5-17(6-8-19)18-9-11-26-12-10-18/h5-8,14,18,20,26,28H,3-4,9-13,15-16H2,1-2H3,(H2,25,33)(H,29,30). The summed E-state index contributed by atoms with van der Waals surface area (Å²) in [6, 6.07) is 8.78. The zero-order chi connectivity index (χ0) is 23.2. The molecule has 3 heterocycles. The van der Waals surface area contributed by atoms with Crippen LogP contribution < -0.4 is 26.6 Å². The number of hydrogen-bond acceptors (Lipinski definition) is 8. The Morgan fingerprint density at radius 1 is 1.21 bits per heavy atom. The van der Waals surface area contributed by atoms with Crippen molar-refractivity contribution in [3.05, 3.63) is 41.7 Å². The van der Waals surface area contributed by atoms with Crippen LogP contribution in [0, 0.1) is 0 Å². The second-order valence-electron chi connectivity index (χ2n) is 9.29. The van der Waals surface area contributed by atoms with Crippen LogP contribution in [0.25, 0.3) is 0 Å². The molecule has 1 aromatic heterocycles. The molecule has 9 nitrogen and oxygen atoms in total. The van der Waals surface area contributed by atoms with Gasteiger partial charge in [0, 0.05) is 31.5 Å². The Bertz CT molecular complexity index is 927. The molecule has 2 saturated heterocycles. The van der Waals surface area contributed by atoms with E-state index >= 15 is 0 Å². The van der Waals surface area contributed by atoms with Crippen LogP contribution in [-0.4, -0.2) is 73.8 Å². The third-order valence-corrected chi connectivity index (χ3v) is 6.42. The summed E-state index contributed by atoms with van der Waals surface area (Å²) in [7, 11) is 4.11. The average Bonchev–Trinajstić information content (AvgIpc) is 2.84. The van der Waals surface area contributed by atoms with E-state index in [0.717, 1.165) is 70.0 Å². The molecule has 178 valence electrons. The summed E-state index contributed by atoms with van der Waals surface area (Å²) >= 11 is 0. The summed E-state index contributed by atoms with van der Waals surface area (Å²) in [6.07, 6.45) is 6.18. The Morgan fingerprint density at radius 2 is 1.97 bits per heavy atom. The molecule has 0 radical (unpaired) electrons. The highest BCUT2D eigenvalue weighted by atomic mass is 16.1. The molecule has 4 rings (SSSR count). The molecule has 2 aliphatic rings. The Morgan fingerprint density at radius 3 is 2.67 bits per heavy atom. The van der Waals surface area contributed by atoms with E-state index in [1.54, 1.807) is 6.20 Å². The van der Waals surface area contributed by atoms with Crippen LogP contribution in [-0.2, 0) is 0 Å². The maximum atomic E-state index is 12.0. The van der Waals surface area contributed by atoms with E-state index in [2.05, 4.69) is 57.0 Å².